The highest BCUT2D eigenvalue weighted by Gasteiger charge is 2.42. The molecule has 0 amide bonds. The molecule has 7 nitrogen and oxygen atoms in total. The number of rotatable bonds is 4. The average molecular weight is 403 g/mol. The van der Waals surface area contributed by atoms with E-state index >= 15 is 0 Å². The van der Waals surface area contributed by atoms with Gasteiger partial charge in [0.05, 0.1) is 23.1 Å². The number of H-pyrrole nitrogens is 2. The van der Waals surface area contributed by atoms with Crippen LogP contribution in [-0.2, 0) is 0 Å². The van der Waals surface area contributed by atoms with Crippen molar-refractivity contribution in [2.45, 2.75) is 37.0 Å². The minimum absolute atomic E-state index is 0.219. The van der Waals surface area contributed by atoms with Crippen molar-refractivity contribution >= 4 is 5.65 Å². The molecule has 2 saturated carbocycles. The zero-order valence-corrected chi connectivity index (χ0v) is 15.9. The number of aromatic nitrogens is 5. The molecule has 0 spiro atoms. The second-order valence-corrected chi connectivity index (χ2v) is 8.18. The minimum atomic E-state index is -0.553. The first kappa shape index (κ1) is 17.3. The number of hydrogen-bond acceptors (Lipinski definition) is 4. The maximum Gasteiger partial charge on any atom is 0.325 e. The van der Waals surface area contributed by atoms with Gasteiger partial charge in [-0.1, -0.05) is 12.1 Å². The van der Waals surface area contributed by atoms with E-state index in [1.807, 2.05) is 24.4 Å². The first-order valence-corrected chi connectivity index (χ1v) is 10.0. The fourth-order valence-corrected chi connectivity index (χ4v) is 4.22. The van der Waals surface area contributed by atoms with Crippen molar-refractivity contribution in [2.24, 2.45) is 0 Å². The van der Waals surface area contributed by atoms with Crippen molar-refractivity contribution in [3.63, 3.8) is 0 Å². The van der Waals surface area contributed by atoms with Crippen molar-refractivity contribution in [3.8, 4) is 11.3 Å². The van der Waals surface area contributed by atoms with E-state index in [2.05, 4.69) is 15.1 Å². The molecule has 0 saturated heterocycles. The number of hydrogen-bond donors (Lipinski definition) is 2. The monoisotopic (exact) mass is 403 g/mol. The molecular weight excluding hydrogens is 385 g/mol. The predicted molar refractivity (Wildman–Crippen MR) is 108 cm³/mol. The number of imidazole rings is 1. The van der Waals surface area contributed by atoms with Crippen molar-refractivity contribution in [1.29, 1.82) is 0 Å². The van der Waals surface area contributed by atoms with Crippen LogP contribution in [0.5, 0.6) is 0 Å². The zero-order chi connectivity index (χ0) is 20.4. The molecule has 150 valence electrons. The van der Waals surface area contributed by atoms with E-state index in [1.165, 1.54) is 18.3 Å². The third-order valence-corrected chi connectivity index (χ3v) is 6.05. The van der Waals surface area contributed by atoms with Gasteiger partial charge in [-0.15, -0.1) is 0 Å². The fraction of sp³-hybridized carbons (Fsp3) is 0.273. The lowest BCUT2D eigenvalue weighted by Gasteiger charge is -2.07. The van der Waals surface area contributed by atoms with Crippen LogP contribution in [0.25, 0.3) is 16.9 Å². The molecule has 30 heavy (non-hydrogen) atoms. The highest BCUT2D eigenvalue weighted by Crippen LogP contribution is 2.55. The van der Waals surface area contributed by atoms with Gasteiger partial charge >= 0.3 is 5.69 Å². The zero-order valence-electron chi connectivity index (χ0n) is 15.9. The lowest BCUT2D eigenvalue weighted by atomic mass is 10.0. The minimum Gasteiger partial charge on any atom is -0.313 e. The standard InChI is InChI=1S/C22H18FN5O2/c23-13-5-3-11(4-6-13)14-7-15(14)16-8-18(17-9-24-22(30)26-21(17)29)27-28-10-19(12-1-2-12)25-20(16)28/h3-6,8-10,12,14-15H,1-2,7H2,(H2,24,26,29,30)/t14-,15+/m0/s1. The number of halogens is 1. The van der Waals surface area contributed by atoms with E-state index in [4.69, 9.17) is 4.98 Å². The second-order valence-electron chi connectivity index (χ2n) is 8.18. The molecule has 2 aliphatic rings. The Morgan fingerprint density at radius 1 is 1.10 bits per heavy atom. The third-order valence-electron chi connectivity index (χ3n) is 6.05. The Balaban J connectivity index is 1.48. The Labute approximate surface area is 169 Å². The molecule has 3 heterocycles. The molecule has 0 bridgehead atoms. The van der Waals surface area contributed by atoms with Crippen LogP contribution in [0.4, 0.5) is 4.39 Å². The van der Waals surface area contributed by atoms with E-state index in [0.29, 0.717) is 17.2 Å². The van der Waals surface area contributed by atoms with Crippen molar-refractivity contribution in [2.75, 3.05) is 0 Å². The number of benzene rings is 1. The molecule has 2 N–H and O–H groups in total. The molecule has 8 heteroatoms. The summed E-state index contributed by atoms with van der Waals surface area (Å²) in [5, 5.41) is 4.61. The van der Waals surface area contributed by atoms with Crippen LogP contribution < -0.4 is 11.2 Å². The van der Waals surface area contributed by atoms with Gasteiger partial charge in [-0.25, -0.2) is 18.7 Å². The molecule has 4 aromatic rings. The number of nitrogens with one attached hydrogen (secondary N) is 2. The van der Waals surface area contributed by atoms with Gasteiger partial charge in [0.25, 0.3) is 5.56 Å². The SMILES string of the molecule is O=c1[nH]cc(-c2cc([C@@H]3C[C@H]3c3ccc(F)cc3)c3nc(C4CC4)cn3n2)c(=O)[nH]1. The van der Waals surface area contributed by atoms with Crippen LogP contribution >= 0.6 is 0 Å². The summed E-state index contributed by atoms with van der Waals surface area (Å²) >= 11 is 0. The van der Waals surface area contributed by atoms with E-state index in [1.54, 1.807) is 4.52 Å². The fourth-order valence-electron chi connectivity index (χ4n) is 4.22. The molecule has 0 aliphatic heterocycles. The van der Waals surface area contributed by atoms with Gasteiger partial charge in [0.15, 0.2) is 5.65 Å². The van der Waals surface area contributed by atoms with Gasteiger partial charge in [-0.3, -0.25) is 9.78 Å². The lowest BCUT2D eigenvalue weighted by Crippen LogP contribution is -2.23. The first-order valence-electron chi connectivity index (χ1n) is 10.0. The highest BCUT2D eigenvalue weighted by atomic mass is 19.1. The lowest BCUT2D eigenvalue weighted by molar-refractivity contribution is 0.627. The van der Waals surface area contributed by atoms with E-state index in [0.717, 1.165) is 41.7 Å². The number of nitrogens with zero attached hydrogens (tertiary/aromatic N) is 3. The number of aromatic amines is 2. The summed E-state index contributed by atoms with van der Waals surface area (Å²) in [6, 6.07) is 8.52. The van der Waals surface area contributed by atoms with Gasteiger partial charge in [0.1, 0.15) is 5.82 Å². The summed E-state index contributed by atoms with van der Waals surface area (Å²) in [7, 11) is 0. The maximum atomic E-state index is 13.3. The third kappa shape index (κ3) is 2.87. The average Bonchev–Trinajstić information content (AvgIpc) is 3.65. The Morgan fingerprint density at radius 3 is 2.63 bits per heavy atom. The highest BCUT2D eigenvalue weighted by molar-refractivity contribution is 5.64. The van der Waals surface area contributed by atoms with E-state index in [-0.39, 0.29) is 17.7 Å². The van der Waals surface area contributed by atoms with Crippen LogP contribution in [-0.4, -0.2) is 24.6 Å². The van der Waals surface area contributed by atoms with Crippen LogP contribution in [0, 0.1) is 5.82 Å². The molecule has 3 aromatic heterocycles. The largest absolute Gasteiger partial charge is 0.325 e. The van der Waals surface area contributed by atoms with E-state index in [9.17, 15) is 14.0 Å². The Kier molecular flexibility index (Phi) is 3.59. The summed E-state index contributed by atoms with van der Waals surface area (Å²) in [5.74, 6) is 0.728. The van der Waals surface area contributed by atoms with E-state index < -0.39 is 11.2 Å². The maximum absolute atomic E-state index is 13.3. The van der Waals surface area contributed by atoms with Crippen molar-refractivity contribution in [1.82, 2.24) is 24.6 Å². The Bertz CT molecular complexity index is 1400. The van der Waals surface area contributed by atoms with Crippen LogP contribution in [0.1, 0.15) is 53.8 Å². The van der Waals surface area contributed by atoms with Gasteiger partial charge < -0.3 is 4.98 Å². The Morgan fingerprint density at radius 2 is 1.90 bits per heavy atom. The first-order chi connectivity index (χ1) is 14.6. The second kappa shape index (κ2) is 6.22. The van der Waals surface area contributed by atoms with Crippen molar-refractivity contribution in [3.05, 3.63) is 86.2 Å². The summed E-state index contributed by atoms with van der Waals surface area (Å²) in [5.41, 5.74) is 3.69. The van der Waals surface area contributed by atoms with Crippen LogP contribution in [0.2, 0.25) is 0 Å². The van der Waals surface area contributed by atoms with Crippen molar-refractivity contribution < 1.29 is 4.39 Å². The van der Waals surface area contributed by atoms with Gasteiger partial charge in [0, 0.05) is 17.7 Å². The molecule has 6 rings (SSSR count). The summed E-state index contributed by atoms with van der Waals surface area (Å²) < 4.78 is 15.1. The molecule has 0 unspecified atom stereocenters. The summed E-state index contributed by atoms with van der Waals surface area (Å²) in [4.78, 5) is 33.4. The summed E-state index contributed by atoms with van der Waals surface area (Å²) in [6.45, 7) is 0. The smallest absolute Gasteiger partial charge is 0.313 e. The topological polar surface area (TPSA) is 95.9 Å². The Hall–Kier alpha value is -3.55. The normalized spacial score (nSPS) is 20.6. The van der Waals surface area contributed by atoms with Gasteiger partial charge in [-0.2, -0.15) is 5.10 Å². The molecule has 2 atom stereocenters. The summed E-state index contributed by atoms with van der Waals surface area (Å²) in [6.07, 6.45) is 6.52. The number of fused-ring (bicyclic) bond motifs is 1. The van der Waals surface area contributed by atoms with Crippen LogP contribution in [0.3, 0.4) is 0 Å². The molecule has 0 radical (unpaired) electrons. The van der Waals surface area contributed by atoms with Gasteiger partial charge in [0.2, 0.25) is 0 Å². The van der Waals surface area contributed by atoms with Gasteiger partial charge in [-0.05, 0) is 54.9 Å². The molecule has 2 aliphatic carbocycles. The molecule has 1 aromatic carbocycles. The molecular formula is C22H18FN5O2. The quantitative estimate of drug-likeness (QED) is 0.547. The molecule has 2 fully saturated rings. The predicted octanol–water partition coefficient (Wildman–Crippen LogP) is 3.06. The van der Waals surface area contributed by atoms with Crippen LogP contribution in [0.15, 0.2) is 52.3 Å².